The largest absolute Gasteiger partial charge is 0.493 e. The first-order valence-electron chi connectivity index (χ1n) is 8.97. The van der Waals surface area contributed by atoms with Gasteiger partial charge < -0.3 is 19.5 Å². The zero-order valence-electron chi connectivity index (χ0n) is 15.0. The Bertz CT molecular complexity index is 657. The number of rotatable bonds is 4. The van der Waals surface area contributed by atoms with E-state index in [1.165, 1.54) is 0 Å². The summed E-state index contributed by atoms with van der Waals surface area (Å²) in [5, 5.41) is 10.7. The maximum absolute atomic E-state index is 12.5. The average molecular weight is 345 g/mol. The maximum atomic E-state index is 12.5. The van der Waals surface area contributed by atoms with Crippen LogP contribution in [-0.4, -0.2) is 48.8 Å². The number of aliphatic hydroxyl groups is 1. The van der Waals surface area contributed by atoms with Crippen molar-refractivity contribution in [3.63, 3.8) is 0 Å². The second-order valence-corrected chi connectivity index (χ2v) is 7.03. The van der Waals surface area contributed by atoms with E-state index in [1.54, 1.807) is 26.4 Å². The lowest BCUT2D eigenvalue weighted by Gasteiger charge is -2.47. The zero-order valence-corrected chi connectivity index (χ0v) is 15.0. The summed E-state index contributed by atoms with van der Waals surface area (Å²) in [6.07, 6.45) is 8.23. The van der Waals surface area contributed by atoms with Gasteiger partial charge in [0.1, 0.15) is 0 Å². The minimum absolute atomic E-state index is 0.00223. The number of carbonyl (C=O) groups is 1. The molecule has 136 valence electrons. The third-order valence-electron chi connectivity index (χ3n) is 5.57. The molecule has 0 spiro atoms. The Hall–Kier alpha value is -2.01. The van der Waals surface area contributed by atoms with Gasteiger partial charge >= 0.3 is 0 Å². The quantitative estimate of drug-likeness (QED) is 0.853. The van der Waals surface area contributed by atoms with Crippen LogP contribution >= 0.6 is 0 Å². The molecular weight excluding hydrogens is 318 g/mol. The van der Waals surface area contributed by atoms with Gasteiger partial charge in [-0.25, -0.2) is 0 Å². The van der Waals surface area contributed by atoms with Crippen LogP contribution in [-0.2, 0) is 4.79 Å². The predicted octanol–water partition coefficient (Wildman–Crippen LogP) is 2.87. The Labute approximate surface area is 149 Å². The van der Waals surface area contributed by atoms with Crippen LogP contribution < -0.4 is 9.47 Å². The number of piperidine rings is 1. The molecule has 2 fully saturated rings. The van der Waals surface area contributed by atoms with Crippen molar-refractivity contribution in [2.75, 3.05) is 27.3 Å². The van der Waals surface area contributed by atoms with Gasteiger partial charge in [-0.1, -0.05) is 18.9 Å². The molecule has 1 aliphatic heterocycles. The highest BCUT2D eigenvalue weighted by Gasteiger charge is 2.43. The number of ether oxygens (including phenoxy) is 2. The zero-order chi connectivity index (χ0) is 17.9. The Balaban J connectivity index is 1.65. The summed E-state index contributed by atoms with van der Waals surface area (Å²) in [4.78, 5) is 14.4. The topological polar surface area (TPSA) is 59.0 Å². The summed E-state index contributed by atoms with van der Waals surface area (Å²) >= 11 is 0. The van der Waals surface area contributed by atoms with E-state index in [4.69, 9.17) is 9.47 Å². The molecule has 1 saturated carbocycles. The first-order valence-corrected chi connectivity index (χ1v) is 8.97. The second-order valence-electron chi connectivity index (χ2n) is 7.03. The number of carbonyl (C=O) groups excluding carboxylic acids is 1. The van der Waals surface area contributed by atoms with Gasteiger partial charge in [0.25, 0.3) is 0 Å². The highest BCUT2D eigenvalue weighted by atomic mass is 16.5. The molecule has 0 unspecified atom stereocenters. The maximum Gasteiger partial charge on any atom is 0.246 e. The van der Waals surface area contributed by atoms with Gasteiger partial charge in [0.2, 0.25) is 5.91 Å². The molecule has 0 radical (unpaired) electrons. The SMILES string of the molecule is COc1ccc(C=CC(=O)N2CC[C@]3(O)CCCC[C@H]3C2)cc1OC. The summed E-state index contributed by atoms with van der Waals surface area (Å²) in [6, 6.07) is 5.56. The fourth-order valence-electron chi connectivity index (χ4n) is 4.00. The van der Waals surface area contributed by atoms with Crippen molar-refractivity contribution in [1.29, 1.82) is 0 Å². The van der Waals surface area contributed by atoms with Gasteiger partial charge in [-0.2, -0.15) is 0 Å². The Morgan fingerprint density at radius 2 is 2.04 bits per heavy atom. The molecule has 0 aromatic heterocycles. The molecule has 1 aromatic carbocycles. The van der Waals surface area contributed by atoms with Crippen LogP contribution in [0.3, 0.4) is 0 Å². The number of amides is 1. The van der Waals surface area contributed by atoms with E-state index in [0.717, 1.165) is 31.2 Å². The third-order valence-corrected chi connectivity index (χ3v) is 5.57. The first-order chi connectivity index (χ1) is 12.1. The van der Waals surface area contributed by atoms with E-state index in [9.17, 15) is 9.90 Å². The van der Waals surface area contributed by atoms with Gasteiger partial charge in [0, 0.05) is 25.1 Å². The van der Waals surface area contributed by atoms with Crippen molar-refractivity contribution >= 4 is 12.0 Å². The highest BCUT2D eigenvalue weighted by Crippen LogP contribution is 2.39. The second kappa shape index (κ2) is 7.48. The van der Waals surface area contributed by atoms with Gasteiger partial charge in [-0.3, -0.25) is 4.79 Å². The van der Waals surface area contributed by atoms with Crippen LogP contribution in [0.1, 0.15) is 37.7 Å². The molecule has 1 heterocycles. The van der Waals surface area contributed by atoms with Gasteiger partial charge in [0.05, 0.1) is 19.8 Å². The van der Waals surface area contributed by atoms with Gasteiger partial charge in [-0.05, 0) is 43.0 Å². The normalized spacial score (nSPS) is 26.4. The van der Waals surface area contributed by atoms with Gasteiger partial charge in [-0.15, -0.1) is 0 Å². The smallest absolute Gasteiger partial charge is 0.246 e. The molecule has 1 aliphatic carbocycles. The minimum atomic E-state index is -0.553. The molecular formula is C20H27NO4. The van der Waals surface area contributed by atoms with Gasteiger partial charge in [0.15, 0.2) is 11.5 Å². The number of fused-ring (bicyclic) bond motifs is 1. The molecule has 1 saturated heterocycles. The molecule has 1 amide bonds. The average Bonchev–Trinajstić information content (AvgIpc) is 2.65. The minimum Gasteiger partial charge on any atom is -0.493 e. The van der Waals surface area contributed by atoms with Crippen molar-refractivity contribution in [3.05, 3.63) is 29.8 Å². The monoisotopic (exact) mass is 345 g/mol. The highest BCUT2D eigenvalue weighted by molar-refractivity contribution is 5.92. The van der Waals surface area contributed by atoms with Crippen LogP contribution in [0.25, 0.3) is 6.08 Å². The summed E-state index contributed by atoms with van der Waals surface area (Å²) in [5.74, 6) is 1.52. The molecule has 25 heavy (non-hydrogen) atoms. The van der Waals surface area contributed by atoms with Crippen LogP contribution in [0.15, 0.2) is 24.3 Å². The lowest BCUT2D eigenvalue weighted by atomic mass is 9.71. The van der Waals surface area contributed by atoms with Crippen molar-refractivity contribution in [2.24, 2.45) is 5.92 Å². The number of hydrogen-bond donors (Lipinski definition) is 1. The van der Waals surface area contributed by atoms with Crippen molar-refractivity contribution < 1.29 is 19.4 Å². The summed E-state index contributed by atoms with van der Waals surface area (Å²) < 4.78 is 10.5. The number of benzene rings is 1. The standard InChI is InChI=1S/C20H27NO4/c1-24-17-8-6-15(13-18(17)25-2)7-9-19(22)21-12-11-20(23)10-4-3-5-16(20)14-21/h6-9,13,16,23H,3-5,10-12,14H2,1-2H3/t16-,20+/m0/s1. The van der Waals surface area contributed by atoms with E-state index in [2.05, 4.69) is 0 Å². The summed E-state index contributed by atoms with van der Waals surface area (Å²) in [5.41, 5.74) is 0.333. The molecule has 0 bridgehead atoms. The van der Waals surface area contributed by atoms with Crippen molar-refractivity contribution in [3.8, 4) is 11.5 Å². The Morgan fingerprint density at radius 1 is 1.24 bits per heavy atom. The van der Waals surface area contributed by atoms with E-state index < -0.39 is 5.60 Å². The van der Waals surface area contributed by atoms with Crippen molar-refractivity contribution in [2.45, 2.75) is 37.7 Å². The molecule has 3 rings (SSSR count). The summed E-state index contributed by atoms with van der Waals surface area (Å²) in [6.45, 7) is 1.29. The fourth-order valence-corrected chi connectivity index (χ4v) is 4.00. The van der Waals surface area contributed by atoms with E-state index in [1.807, 2.05) is 23.1 Å². The molecule has 5 nitrogen and oxygen atoms in total. The predicted molar refractivity (Wildman–Crippen MR) is 96.7 cm³/mol. The number of methoxy groups -OCH3 is 2. The summed E-state index contributed by atoms with van der Waals surface area (Å²) in [7, 11) is 3.19. The lowest BCUT2D eigenvalue weighted by Crippen LogP contribution is -2.54. The van der Waals surface area contributed by atoms with E-state index in [-0.39, 0.29) is 11.8 Å². The number of likely N-dealkylation sites (tertiary alicyclic amines) is 1. The van der Waals surface area contributed by atoms with Crippen molar-refractivity contribution in [1.82, 2.24) is 4.90 Å². The number of hydrogen-bond acceptors (Lipinski definition) is 4. The molecule has 2 aliphatic rings. The molecule has 5 heteroatoms. The van der Waals surface area contributed by atoms with E-state index >= 15 is 0 Å². The number of nitrogens with zero attached hydrogens (tertiary/aromatic N) is 1. The van der Waals surface area contributed by atoms with Crippen LogP contribution in [0.2, 0.25) is 0 Å². The molecule has 1 N–H and O–H groups in total. The lowest BCUT2D eigenvalue weighted by molar-refractivity contribution is -0.138. The van der Waals surface area contributed by atoms with E-state index in [0.29, 0.717) is 31.0 Å². The Morgan fingerprint density at radius 3 is 2.80 bits per heavy atom. The van der Waals surface area contributed by atoms with Crippen LogP contribution in [0, 0.1) is 5.92 Å². The molecule has 1 aromatic rings. The third kappa shape index (κ3) is 3.82. The van der Waals surface area contributed by atoms with Crippen LogP contribution in [0.4, 0.5) is 0 Å². The van der Waals surface area contributed by atoms with Crippen LogP contribution in [0.5, 0.6) is 11.5 Å². The fraction of sp³-hybridized carbons (Fsp3) is 0.550. The Kier molecular flexibility index (Phi) is 5.33. The first kappa shape index (κ1) is 17.8. The molecule has 2 atom stereocenters.